The number of aromatic nitrogens is 2. The molecule has 0 spiro atoms. The molecule has 0 atom stereocenters. The van der Waals surface area contributed by atoms with Crippen molar-refractivity contribution in [1.82, 2.24) is 14.9 Å². The Labute approximate surface area is 116 Å². The molecule has 5 heteroatoms. The van der Waals surface area contributed by atoms with Gasteiger partial charge in [-0.1, -0.05) is 30.3 Å². The zero-order chi connectivity index (χ0) is 14.0. The third-order valence-corrected chi connectivity index (χ3v) is 3.49. The van der Waals surface area contributed by atoms with E-state index in [9.17, 15) is 8.78 Å². The lowest BCUT2D eigenvalue weighted by Crippen LogP contribution is -2.25. The number of benzene rings is 1. The number of nitrogens with one attached hydrogen (secondary N) is 1. The zero-order valence-electron chi connectivity index (χ0n) is 11.1. The molecule has 0 unspecified atom stereocenters. The van der Waals surface area contributed by atoms with Crippen LogP contribution in [0.1, 0.15) is 24.2 Å². The lowest BCUT2D eigenvalue weighted by molar-refractivity contribution is -0.0230. The molecule has 2 aromatic rings. The average Bonchev–Trinajstić information content (AvgIpc) is 3.18. The van der Waals surface area contributed by atoms with Crippen molar-refractivity contribution in [2.24, 2.45) is 0 Å². The van der Waals surface area contributed by atoms with Crippen LogP contribution >= 0.6 is 0 Å². The Morgan fingerprint density at radius 2 is 2.00 bits per heavy atom. The Morgan fingerprint density at radius 3 is 2.70 bits per heavy atom. The van der Waals surface area contributed by atoms with Gasteiger partial charge < -0.3 is 9.88 Å². The predicted octanol–water partition coefficient (Wildman–Crippen LogP) is 2.93. The van der Waals surface area contributed by atoms with Gasteiger partial charge in [-0.15, -0.1) is 0 Å². The van der Waals surface area contributed by atoms with Crippen LogP contribution in [0.4, 0.5) is 8.78 Å². The summed E-state index contributed by atoms with van der Waals surface area (Å²) in [6.07, 6.45) is 5.52. The summed E-state index contributed by atoms with van der Waals surface area (Å²) in [6, 6.07) is 8.45. The van der Waals surface area contributed by atoms with Gasteiger partial charge in [-0.05, 0) is 12.8 Å². The lowest BCUT2D eigenvalue weighted by Gasteiger charge is -2.19. The molecule has 1 N–H and O–H groups in total. The van der Waals surface area contributed by atoms with E-state index in [1.807, 2.05) is 0 Å². The molecule has 1 heterocycles. The number of hydrogen-bond acceptors (Lipinski definition) is 2. The van der Waals surface area contributed by atoms with Gasteiger partial charge in [0.2, 0.25) is 0 Å². The smallest absolute Gasteiger partial charge is 0.290 e. The molecule has 3 nitrogen and oxygen atoms in total. The van der Waals surface area contributed by atoms with Gasteiger partial charge in [0.05, 0.1) is 13.1 Å². The molecule has 0 radical (unpaired) electrons. The van der Waals surface area contributed by atoms with E-state index in [-0.39, 0.29) is 12.1 Å². The first-order valence-electron chi connectivity index (χ1n) is 6.82. The zero-order valence-corrected chi connectivity index (χ0v) is 11.1. The van der Waals surface area contributed by atoms with Gasteiger partial charge >= 0.3 is 0 Å². The van der Waals surface area contributed by atoms with Crippen LogP contribution in [-0.4, -0.2) is 15.6 Å². The minimum atomic E-state index is -2.89. The summed E-state index contributed by atoms with van der Waals surface area (Å²) in [6.45, 7) is 0.168. The Morgan fingerprint density at radius 1 is 1.25 bits per heavy atom. The normalized spacial score (nSPS) is 15.5. The molecule has 1 aliphatic carbocycles. The Hall–Kier alpha value is -1.75. The molecule has 0 saturated heterocycles. The van der Waals surface area contributed by atoms with Gasteiger partial charge in [-0.2, -0.15) is 8.78 Å². The van der Waals surface area contributed by atoms with Crippen LogP contribution in [0.5, 0.6) is 0 Å². The lowest BCUT2D eigenvalue weighted by atomic mass is 10.1. The van der Waals surface area contributed by atoms with Crippen LogP contribution in [0.2, 0.25) is 0 Å². The first-order chi connectivity index (χ1) is 9.65. The summed E-state index contributed by atoms with van der Waals surface area (Å²) in [5.74, 6) is -2.23. The van der Waals surface area contributed by atoms with Gasteiger partial charge in [0.15, 0.2) is 0 Å². The molecule has 0 bridgehead atoms. The molecule has 20 heavy (non-hydrogen) atoms. The van der Waals surface area contributed by atoms with E-state index in [1.54, 1.807) is 30.6 Å². The van der Waals surface area contributed by atoms with Gasteiger partial charge in [0, 0.05) is 24.0 Å². The molecule has 0 amide bonds. The maximum Gasteiger partial charge on any atom is 0.290 e. The number of alkyl halides is 2. The third-order valence-electron chi connectivity index (χ3n) is 3.49. The topological polar surface area (TPSA) is 29.9 Å². The maximum absolute atomic E-state index is 14.2. The Bertz CT molecular complexity index is 562. The van der Waals surface area contributed by atoms with E-state index in [0.717, 1.165) is 0 Å². The van der Waals surface area contributed by atoms with Crippen molar-refractivity contribution in [2.75, 3.05) is 0 Å². The molecule has 1 fully saturated rings. The molecule has 0 aliphatic heterocycles. The predicted molar refractivity (Wildman–Crippen MR) is 72.4 cm³/mol. The molecular weight excluding hydrogens is 260 g/mol. The summed E-state index contributed by atoms with van der Waals surface area (Å²) >= 11 is 0. The van der Waals surface area contributed by atoms with Crippen LogP contribution < -0.4 is 5.32 Å². The number of rotatable bonds is 6. The first kappa shape index (κ1) is 13.2. The molecule has 106 valence electrons. The second-order valence-electron chi connectivity index (χ2n) is 5.20. The number of imidazole rings is 1. The second-order valence-corrected chi connectivity index (χ2v) is 5.20. The second kappa shape index (κ2) is 5.32. The van der Waals surface area contributed by atoms with Gasteiger partial charge in [0.25, 0.3) is 5.92 Å². The Balaban J connectivity index is 1.71. The monoisotopic (exact) mass is 277 g/mol. The fourth-order valence-electron chi connectivity index (χ4n) is 2.16. The van der Waals surface area contributed by atoms with Crippen molar-refractivity contribution < 1.29 is 8.78 Å². The van der Waals surface area contributed by atoms with Crippen LogP contribution in [0.3, 0.4) is 0 Å². The van der Waals surface area contributed by atoms with Gasteiger partial charge in [-0.3, -0.25) is 0 Å². The summed E-state index contributed by atoms with van der Waals surface area (Å²) in [7, 11) is 0. The van der Waals surface area contributed by atoms with Gasteiger partial charge in [-0.25, -0.2) is 4.98 Å². The highest BCUT2D eigenvalue weighted by atomic mass is 19.3. The van der Waals surface area contributed by atoms with Crippen molar-refractivity contribution in [3.05, 3.63) is 54.1 Å². The van der Waals surface area contributed by atoms with Crippen molar-refractivity contribution >= 4 is 0 Å². The van der Waals surface area contributed by atoms with Crippen LogP contribution in [0, 0.1) is 0 Å². The van der Waals surface area contributed by atoms with E-state index in [0.29, 0.717) is 18.4 Å². The SMILES string of the molecule is FC(F)(Cn1ccnc1CNC1CC1)c1ccccc1. The first-order valence-corrected chi connectivity index (χ1v) is 6.82. The quantitative estimate of drug-likeness (QED) is 0.880. The Kier molecular flexibility index (Phi) is 3.53. The van der Waals surface area contributed by atoms with Crippen molar-refractivity contribution in [1.29, 1.82) is 0 Å². The number of hydrogen-bond donors (Lipinski definition) is 1. The molecule has 1 saturated carbocycles. The van der Waals surface area contributed by atoms with Crippen LogP contribution in [0.15, 0.2) is 42.7 Å². The molecule has 1 aromatic heterocycles. The summed E-state index contributed by atoms with van der Waals surface area (Å²) in [5.41, 5.74) is 0.0369. The summed E-state index contributed by atoms with van der Waals surface area (Å²) in [5, 5.41) is 3.30. The fraction of sp³-hybridized carbons (Fsp3) is 0.400. The fourth-order valence-corrected chi connectivity index (χ4v) is 2.16. The van der Waals surface area contributed by atoms with Crippen LogP contribution in [-0.2, 0) is 19.0 Å². The maximum atomic E-state index is 14.2. The highest BCUT2D eigenvalue weighted by molar-refractivity contribution is 5.20. The molecular formula is C15H17F2N3. The molecule has 3 rings (SSSR count). The molecule has 1 aromatic carbocycles. The van der Waals surface area contributed by atoms with Gasteiger partial charge in [0.1, 0.15) is 5.82 Å². The minimum absolute atomic E-state index is 0.0369. The standard InChI is InChI=1S/C15H17F2N3/c16-15(17,12-4-2-1-3-5-12)11-20-9-8-18-14(20)10-19-13-6-7-13/h1-5,8-9,13,19H,6-7,10-11H2. The van der Waals surface area contributed by atoms with E-state index in [4.69, 9.17) is 0 Å². The van der Waals surface area contributed by atoms with Crippen LogP contribution in [0.25, 0.3) is 0 Å². The highest BCUT2D eigenvalue weighted by Gasteiger charge is 2.32. The summed E-state index contributed by atoms with van der Waals surface area (Å²) in [4.78, 5) is 4.16. The molecule has 1 aliphatic rings. The van der Waals surface area contributed by atoms with Crippen molar-refractivity contribution in [2.45, 2.75) is 37.9 Å². The largest absolute Gasteiger partial charge is 0.327 e. The van der Waals surface area contributed by atoms with E-state index in [1.165, 1.54) is 29.5 Å². The van der Waals surface area contributed by atoms with E-state index >= 15 is 0 Å². The summed E-state index contributed by atoms with van der Waals surface area (Å²) < 4.78 is 30.0. The number of nitrogens with zero attached hydrogens (tertiary/aromatic N) is 2. The third kappa shape index (κ3) is 3.04. The van der Waals surface area contributed by atoms with Crippen molar-refractivity contribution in [3.63, 3.8) is 0 Å². The minimum Gasteiger partial charge on any atom is -0.327 e. The van der Waals surface area contributed by atoms with E-state index in [2.05, 4.69) is 10.3 Å². The highest BCUT2D eigenvalue weighted by Crippen LogP contribution is 2.30. The van der Waals surface area contributed by atoms with E-state index < -0.39 is 5.92 Å². The average molecular weight is 277 g/mol. The number of halogens is 2. The van der Waals surface area contributed by atoms with Crippen molar-refractivity contribution in [3.8, 4) is 0 Å².